The molecule has 2 aromatic rings. The van der Waals surface area contributed by atoms with E-state index in [1.165, 1.54) is 0 Å². The summed E-state index contributed by atoms with van der Waals surface area (Å²) in [7, 11) is -3.33. The fraction of sp³-hybridized carbons (Fsp3) is 0.333. The van der Waals surface area contributed by atoms with Gasteiger partial charge in [0.25, 0.3) is 0 Å². The second-order valence-corrected chi connectivity index (χ2v) is 7.38. The van der Waals surface area contributed by atoms with Gasteiger partial charge in [-0.2, -0.15) is 0 Å². The van der Waals surface area contributed by atoms with Crippen molar-refractivity contribution in [3.63, 3.8) is 0 Å². The van der Waals surface area contributed by atoms with E-state index in [0.717, 1.165) is 22.5 Å². The van der Waals surface area contributed by atoms with Crippen LogP contribution in [0, 0.1) is 13.8 Å². The average molecular weight is 327 g/mol. The molecule has 0 aliphatic heterocycles. The normalized spacial score (nSPS) is 11.8. The third kappa shape index (κ3) is 4.88. The van der Waals surface area contributed by atoms with Crippen molar-refractivity contribution in [1.82, 2.24) is 9.71 Å². The molecule has 0 bridgehead atoms. The zero-order valence-electron chi connectivity index (χ0n) is 12.1. The lowest BCUT2D eigenvalue weighted by Crippen LogP contribution is -2.27. The standard InChI is InChI=1S/C15H19ClN2O2S/c1-11-9-14(12(2)18-11)7-8-17-21(19,20)10-13-3-5-15(16)6-4-13/h3-6,9,17-18H,7-8,10H2,1-2H3. The maximum absolute atomic E-state index is 12.0. The van der Waals surface area contributed by atoms with E-state index < -0.39 is 10.0 Å². The van der Waals surface area contributed by atoms with Crippen molar-refractivity contribution in [3.05, 3.63) is 57.9 Å². The maximum atomic E-state index is 12.0. The maximum Gasteiger partial charge on any atom is 0.215 e. The van der Waals surface area contributed by atoms with E-state index in [9.17, 15) is 8.42 Å². The molecule has 6 heteroatoms. The number of sulfonamides is 1. The number of aryl methyl sites for hydroxylation is 2. The highest BCUT2D eigenvalue weighted by molar-refractivity contribution is 7.88. The van der Waals surface area contributed by atoms with Gasteiger partial charge in [-0.25, -0.2) is 13.1 Å². The van der Waals surface area contributed by atoms with Crippen LogP contribution in [-0.4, -0.2) is 19.9 Å². The molecular weight excluding hydrogens is 308 g/mol. The minimum atomic E-state index is -3.33. The predicted molar refractivity (Wildman–Crippen MR) is 86.0 cm³/mol. The average Bonchev–Trinajstić information content (AvgIpc) is 2.70. The van der Waals surface area contributed by atoms with Crippen LogP contribution in [0.5, 0.6) is 0 Å². The number of aromatic amines is 1. The molecule has 2 rings (SSSR count). The number of H-pyrrole nitrogens is 1. The van der Waals surface area contributed by atoms with Gasteiger partial charge in [-0.15, -0.1) is 0 Å². The van der Waals surface area contributed by atoms with Crippen molar-refractivity contribution in [1.29, 1.82) is 0 Å². The Morgan fingerprint density at radius 1 is 1.19 bits per heavy atom. The van der Waals surface area contributed by atoms with Crippen LogP contribution in [-0.2, 0) is 22.2 Å². The van der Waals surface area contributed by atoms with E-state index in [1.807, 2.05) is 19.9 Å². The Bertz CT molecular complexity index is 706. The summed E-state index contributed by atoms with van der Waals surface area (Å²) in [6, 6.07) is 8.88. The van der Waals surface area contributed by atoms with E-state index in [0.29, 0.717) is 18.0 Å². The Kier molecular flexibility index (Phi) is 5.08. The Labute approximate surface area is 130 Å². The number of nitrogens with one attached hydrogen (secondary N) is 2. The first-order chi connectivity index (χ1) is 9.85. The third-order valence-corrected chi connectivity index (χ3v) is 4.85. The fourth-order valence-corrected chi connectivity index (χ4v) is 3.51. The van der Waals surface area contributed by atoms with Gasteiger partial charge in [0, 0.05) is 23.0 Å². The Morgan fingerprint density at radius 3 is 2.43 bits per heavy atom. The number of halogens is 1. The molecule has 21 heavy (non-hydrogen) atoms. The van der Waals surface area contributed by atoms with Crippen molar-refractivity contribution in [2.24, 2.45) is 0 Å². The Balaban J connectivity index is 1.89. The molecule has 1 aromatic heterocycles. The van der Waals surface area contributed by atoms with Crippen molar-refractivity contribution in [3.8, 4) is 0 Å². The highest BCUT2D eigenvalue weighted by atomic mass is 35.5. The number of benzene rings is 1. The lowest BCUT2D eigenvalue weighted by Gasteiger charge is -2.07. The van der Waals surface area contributed by atoms with Gasteiger partial charge in [0.2, 0.25) is 10.0 Å². The van der Waals surface area contributed by atoms with Crippen molar-refractivity contribution < 1.29 is 8.42 Å². The molecule has 0 atom stereocenters. The minimum Gasteiger partial charge on any atom is -0.362 e. The van der Waals surface area contributed by atoms with Gasteiger partial charge in [-0.3, -0.25) is 0 Å². The predicted octanol–water partition coefficient (Wildman–Crippen LogP) is 2.95. The summed E-state index contributed by atoms with van der Waals surface area (Å²) in [4.78, 5) is 3.21. The third-order valence-electron chi connectivity index (χ3n) is 3.24. The van der Waals surface area contributed by atoms with Gasteiger partial charge in [0.05, 0.1) is 5.75 Å². The van der Waals surface area contributed by atoms with Crippen LogP contribution in [0.3, 0.4) is 0 Å². The van der Waals surface area contributed by atoms with E-state index in [1.54, 1.807) is 24.3 Å². The first-order valence-corrected chi connectivity index (χ1v) is 8.75. The van der Waals surface area contributed by atoms with E-state index in [-0.39, 0.29) is 5.75 Å². The molecule has 0 aliphatic rings. The quantitative estimate of drug-likeness (QED) is 0.857. The van der Waals surface area contributed by atoms with Crippen molar-refractivity contribution >= 4 is 21.6 Å². The molecule has 1 aromatic carbocycles. The second-order valence-electron chi connectivity index (χ2n) is 5.13. The summed E-state index contributed by atoms with van der Waals surface area (Å²) in [5.74, 6) is -0.0324. The lowest BCUT2D eigenvalue weighted by molar-refractivity contribution is 0.580. The molecular formula is C15H19ClN2O2S. The Morgan fingerprint density at radius 2 is 1.86 bits per heavy atom. The molecule has 0 aliphatic carbocycles. The molecule has 0 amide bonds. The largest absolute Gasteiger partial charge is 0.362 e. The topological polar surface area (TPSA) is 62.0 Å². The molecule has 114 valence electrons. The van der Waals surface area contributed by atoms with Crippen LogP contribution in [0.25, 0.3) is 0 Å². The molecule has 0 saturated carbocycles. The van der Waals surface area contributed by atoms with Crippen LogP contribution < -0.4 is 4.72 Å². The summed E-state index contributed by atoms with van der Waals surface area (Å²) in [6.45, 7) is 4.37. The van der Waals surface area contributed by atoms with Gasteiger partial charge in [0.15, 0.2) is 0 Å². The second kappa shape index (κ2) is 6.64. The monoisotopic (exact) mass is 326 g/mol. The summed E-state index contributed by atoms with van der Waals surface area (Å²) in [6.07, 6.45) is 0.677. The molecule has 0 spiro atoms. The van der Waals surface area contributed by atoms with Gasteiger partial charge in [0.1, 0.15) is 0 Å². The summed E-state index contributed by atoms with van der Waals surface area (Å²) >= 11 is 5.78. The molecule has 0 fully saturated rings. The van der Waals surface area contributed by atoms with Crippen LogP contribution in [0.2, 0.25) is 5.02 Å². The van der Waals surface area contributed by atoms with Gasteiger partial charge >= 0.3 is 0 Å². The zero-order chi connectivity index (χ0) is 15.5. The fourth-order valence-electron chi connectivity index (χ4n) is 2.23. The number of aromatic nitrogens is 1. The molecule has 1 heterocycles. The molecule has 0 radical (unpaired) electrons. The van der Waals surface area contributed by atoms with Gasteiger partial charge < -0.3 is 4.98 Å². The molecule has 0 unspecified atom stereocenters. The first kappa shape index (κ1) is 16.1. The molecule has 4 nitrogen and oxygen atoms in total. The number of rotatable bonds is 6. The van der Waals surface area contributed by atoms with Gasteiger partial charge in [-0.05, 0) is 49.6 Å². The minimum absolute atomic E-state index is 0.0324. The number of hydrogen-bond donors (Lipinski definition) is 2. The highest BCUT2D eigenvalue weighted by Crippen LogP contribution is 2.12. The number of hydrogen-bond acceptors (Lipinski definition) is 2. The summed E-state index contributed by atoms with van der Waals surface area (Å²) in [5.41, 5.74) is 4.04. The first-order valence-electron chi connectivity index (χ1n) is 6.72. The van der Waals surface area contributed by atoms with E-state index in [2.05, 4.69) is 9.71 Å². The molecule has 2 N–H and O–H groups in total. The zero-order valence-corrected chi connectivity index (χ0v) is 13.7. The van der Waals surface area contributed by atoms with Crippen molar-refractivity contribution in [2.45, 2.75) is 26.0 Å². The Hall–Kier alpha value is -1.30. The smallest absolute Gasteiger partial charge is 0.215 e. The SMILES string of the molecule is Cc1cc(CCNS(=O)(=O)Cc2ccc(Cl)cc2)c(C)[nH]1. The van der Waals surface area contributed by atoms with Crippen molar-refractivity contribution in [2.75, 3.05) is 6.54 Å². The van der Waals surface area contributed by atoms with Gasteiger partial charge in [-0.1, -0.05) is 23.7 Å². The van der Waals surface area contributed by atoms with Crippen LogP contribution in [0.1, 0.15) is 22.5 Å². The highest BCUT2D eigenvalue weighted by Gasteiger charge is 2.11. The van der Waals surface area contributed by atoms with E-state index in [4.69, 9.17) is 11.6 Å². The summed E-state index contributed by atoms with van der Waals surface area (Å²) in [5, 5.41) is 0.599. The van der Waals surface area contributed by atoms with Crippen LogP contribution in [0.15, 0.2) is 30.3 Å². The lowest BCUT2D eigenvalue weighted by atomic mass is 10.2. The van der Waals surface area contributed by atoms with E-state index >= 15 is 0 Å². The molecule has 0 saturated heterocycles. The van der Waals surface area contributed by atoms with Crippen LogP contribution >= 0.6 is 11.6 Å². The van der Waals surface area contributed by atoms with Crippen LogP contribution in [0.4, 0.5) is 0 Å². The summed E-state index contributed by atoms with van der Waals surface area (Å²) < 4.78 is 26.7.